The predicted octanol–water partition coefficient (Wildman–Crippen LogP) is 3.10. The first-order chi connectivity index (χ1) is 10.1. The molecule has 0 unspecified atom stereocenters. The normalized spacial score (nSPS) is 10.2. The fourth-order valence-corrected chi connectivity index (χ4v) is 2.01. The van der Waals surface area contributed by atoms with Crippen LogP contribution in [0.5, 0.6) is 5.75 Å². The van der Waals surface area contributed by atoms with Gasteiger partial charge in [0, 0.05) is 10.2 Å². The van der Waals surface area contributed by atoms with Gasteiger partial charge in [-0.1, -0.05) is 15.9 Å². The lowest BCUT2D eigenvalue weighted by molar-refractivity contribution is -0.118. The minimum absolute atomic E-state index is 0.125. The Morgan fingerprint density at radius 1 is 1.24 bits per heavy atom. The van der Waals surface area contributed by atoms with Crippen LogP contribution >= 0.6 is 15.9 Å². The average Bonchev–Trinajstić information content (AvgIpc) is 2.49. The molecule has 0 spiro atoms. The van der Waals surface area contributed by atoms with Crippen LogP contribution in [-0.4, -0.2) is 17.6 Å². The number of carbonyl (C=O) groups excluding carboxylic acids is 1. The minimum Gasteiger partial charge on any atom is -0.484 e. The van der Waals surface area contributed by atoms with E-state index in [4.69, 9.17) is 9.84 Å². The molecule has 0 aromatic heterocycles. The van der Waals surface area contributed by atoms with Crippen molar-refractivity contribution in [2.45, 2.75) is 6.61 Å². The third-order valence-electron chi connectivity index (χ3n) is 2.69. The zero-order valence-corrected chi connectivity index (χ0v) is 12.6. The molecule has 21 heavy (non-hydrogen) atoms. The molecule has 0 heterocycles. The first-order valence-electron chi connectivity index (χ1n) is 6.16. The molecule has 0 aliphatic rings. The summed E-state index contributed by atoms with van der Waals surface area (Å²) >= 11 is 3.30. The van der Waals surface area contributed by atoms with Gasteiger partial charge in [0.1, 0.15) is 11.6 Å². The van der Waals surface area contributed by atoms with E-state index >= 15 is 0 Å². The van der Waals surface area contributed by atoms with Gasteiger partial charge in [0.25, 0.3) is 5.91 Å². The molecule has 2 rings (SSSR count). The van der Waals surface area contributed by atoms with E-state index in [-0.39, 0.29) is 24.9 Å². The SMILES string of the molecule is O=C(COc1ccc(Br)c(CO)c1)Nc1ccc(F)cc1. The Hall–Kier alpha value is -1.92. The summed E-state index contributed by atoms with van der Waals surface area (Å²) in [7, 11) is 0. The zero-order valence-electron chi connectivity index (χ0n) is 11.0. The van der Waals surface area contributed by atoms with Crippen molar-refractivity contribution in [3.8, 4) is 5.75 Å². The van der Waals surface area contributed by atoms with Gasteiger partial charge in [-0.05, 0) is 48.0 Å². The van der Waals surface area contributed by atoms with Gasteiger partial charge in [-0.3, -0.25) is 4.79 Å². The molecular weight excluding hydrogens is 341 g/mol. The van der Waals surface area contributed by atoms with Crippen LogP contribution in [0.15, 0.2) is 46.9 Å². The summed E-state index contributed by atoms with van der Waals surface area (Å²) in [6.07, 6.45) is 0. The Balaban J connectivity index is 1.90. The van der Waals surface area contributed by atoms with Crippen molar-refractivity contribution < 1.29 is 19.0 Å². The Labute approximate surface area is 129 Å². The molecule has 0 atom stereocenters. The maximum atomic E-state index is 12.7. The maximum Gasteiger partial charge on any atom is 0.262 e. The summed E-state index contributed by atoms with van der Waals surface area (Å²) in [6.45, 7) is -0.302. The highest BCUT2D eigenvalue weighted by atomic mass is 79.9. The smallest absolute Gasteiger partial charge is 0.262 e. The van der Waals surface area contributed by atoms with Crippen molar-refractivity contribution >= 4 is 27.5 Å². The Morgan fingerprint density at radius 2 is 1.95 bits per heavy atom. The van der Waals surface area contributed by atoms with Gasteiger partial charge in [-0.15, -0.1) is 0 Å². The number of hydrogen-bond acceptors (Lipinski definition) is 3. The Bertz CT molecular complexity index is 631. The second kappa shape index (κ2) is 7.19. The molecule has 0 aliphatic carbocycles. The standard InChI is InChI=1S/C15H13BrFNO3/c16-14-6-5-13(7-10(14)8-19)21-9-15(20)18-12-3-1-11(17)2-4-12/h1-7,19H,8-9H2,(H,18,20). The highest BCUT2D eigenvalue weighted by Gasteiger charge is 2.06. The number of anilines is 1. The molecule has 0 saturated carbocycles. The summed E-state index contributed by atoms with van der Waals surface area (Å²) in [5.41, 5.74) is 1.17. The van der Waals surface area contributed by atoms with Crippen LogP contribution in [0.4, 0.5) is 10.1 Å². The van der Waals surface area contributed by atoms with Crippen LogP contribution in [0, 0.1) is 5.82 Å². The monoisotopic (exact) mass is 353 g/mol. The summed E-state index contributed by atoms with van der Waals surface area (Å²) < 4.78 is 18.9. The van der Waals surface area contributed by atoms with Crippen LogP contribution < -0.4 is 10.1 Å². The topological polar surface area (TPSA) is 58.6 Å². The number of benzene rings is 2. The lowest BCUT2D eigenvalue weighted by atomic mass is 10.2. The van der Waals surface area contributed by atoms with Crippen LogP contribution in [0.2, 0.25) is 0 Å². The second-order valence-corrected chi connectivity index (χ2v) is 5.11. The number of ether oxygens (including phenoxy) is 1. The molecule has 0 saturated heterocycles. The summed E-state index contributed by atoms with van der Waals surface area (Å²) in [4.78, 5) is 11.7. The van der Waals surface area contributed by atoms with Crippen LogP contribution in [0.25, 0.3) is 0 Å². The number of carbonyl (C=O) groups is 1. The fraction of sp³-hybridized carbons (Fsp3) is 0.133. The van der Waals surface area contributed by atoms with Gasteiger partial charge < -0.3 is 15.2 Å². The Morgan fingerprint density at radius 3 is 2.62 bits per heavy atom. The second-order valence-electron chi connectivity index (χ2n) is 4.26. The minimum atomic E-state index is -0.365. The van der Waals surface area contributed by atoms with Crippen LogP contribution in [0.3, 0.4) is 0 Å². The molecule has 2 aromatic rings. The summed E-state index contributed by atoms with van der Waals surface area (Å²) in [5.74, 6) is -0.234. The van der Waals surface area contributed by atoms with Crippen molar-refractivity contribution in [1.82, 2.24) is 0 Å². The van der Waals surface area contributed by atoms with Crippen molar-refractivity contribution in [2.24, 2.45) is 0 Å². The van der Waals surface area contributed by atoms with Gasteiger partial charge in [0.15, 0.2) is 6.61 Å². The maximum absolute atomic E-state index is 12.7. The molecule has 0 aliphatic heterocycles. The molecule has 2 aromatic carbocycles. The number of halogens is 2. The van der Waals surface area contributed by atoms with Crippen molar-refractivity contribution in [3.05, 3.63) is 58.3 Å². The lowest BCUT2D eigenvalue weighted by Crippen LogP contribution is -2.20. The predicted molar refractivity (Wildman–Crippen MR) is 80.6 cm³/mol. The lowest BCUT2D eigenvalue weighted by Gasteiger charge is -2.09. The first kappa shape index (κ1) is 15.5. The van der Waals surface area contributed by atoms with Crippen molar-refractivity contribution in [1.29, 1.82) is 0 Å². The zero-order chi connectivity index (χ0) is 15.2. The highest BCUT2D eigenvalue weighted by Crippen LogP contribution is 2.22. The summed E-state index contributed by atoms with van der Waals surface area (Å²) in [5, 5.41) is 11.7. The third-order valence-corrected chi connectivity index (χ3v) is 3.46. The number of nitrogens with one attached hydrogen (secondary N) is 1. The van der Waals surface area contributed by atoms with E-state index in [1.165, 1.54) is 24.3 Å². The molecular formula is C15H13BrFNO3. The molecule has 110 valence electrons. The Kier molecular flexibility index (Phi) is 5.30. The molecule has 6 heteroatoms. The van der Waals surface area contributed by atoms with Crippen molar-refractivity contribution in [3.63, 3.8) is 0 Å². The van der Waals surface area contributed by atoms with Crippen LogP contribution in [-0.2, 0) is 11.4 Å². The van der Waals surface area contributed by atoms with Crippen molar-refractivity contribution in [2.75, 3.05) is 11.9 Å². The van der Waals surface area contributed by atoms with Gasteiger partial charge >= 0.3 is 0 Å². The largest absolute Gasteiger partial charge is 0.484 e. The molecule has 2 N–H and O–H groups in total. The fourth-order valence-electron chi connectivity index (χ4n) is 1.64. The molecule has 0 bridgehead atoms. The van der Waals surface area contributed by atoms with Gasteiger partial charge in [0.2, 0.25) is 0 Å². The van der Waals surface area contributed by atoms with Gasteiger partial charge in [-0.25, -0.2) is 4.39 Å². The van der Waals surface area contributed by atoms with Crippen LogP contribution in [0.1, 0.15) is 5.56 Å². The van der Waals surface area contributed by atoms with E-state index < -0.39 is 0 Å². The molecule has 0 fully saturated rings. The van der Waals surface area contributed by atoms with E-state index in [1.54, 1.807) is 18.2 Å². The number of rotatable bonds is 5. The highest BCUT2D eigenvalue weighted by molar-refractivity contribution is 9.10. The third kappa shape index (κ3) is 4.54. The number of amides is 1. The number of hydrogen-bond donors (Lipinski definition) is 2. The van der Waals surface area contributed by atoms with Gasteiger partial charge in [-0.2, -0.15) is 0 Å². The van der Waals surface area contributed by atoms with E-state index in [0.717, 1.165) is 4.47 Å². The summed E-state index contributed by atoms with van der Waals surface area (Å²) in [6, 6.07) is 10.5. The van der Waals surface area contributed by atoms with E-state index in [9.17, 15) is 9.18 Å². The average molecular weight is 354 g/mol. The van der Waals surface area contributed by atoms with Gasteiger partial charge in [0.05, 0.1) is 6.61 Å². The molecule has 4 nitrogen and oxygen atoms in total. The molecule has 1 amide bonds. The number of aliphatic hydroxyl groups excluding tert-OH is 1. The first-order valence-corrected chi connectivity index (χ1v) is 6.95. The van der Waals surface area contributed by atoms with E-state index in [2.05, 4.69) is 21.2 Å². The quantitative estimate of drug-likeness (QED) is 0.868. The van der Waals surface area contributed by atoms with E-state index in [1.807, 2.05) is 0 Å². The molecule has 0 radical (unpaired) electrons. The number of aliphatic hydroxyl groups is 1. The van der Waals surface area contributed by atoms with E-state index in [0.29, 0.717) is 17.0 Å².